The molecule has 0 radical (unpaired) electrons. The van der Waals surface area contributed by atoms with Crippen LogP contribution in [0.2, 0.25) is 0 Å². The van der Waals surface area contributed by atoms with Crippen LogP contribution >= 0.6 is 0 Å². The molecule has 0 bridgehead atoms. The van der Waals surface area contributed by atoms with Crippen LogP contribution in [0.15, 0.2) is 30.5 Å². The third-order valence-corrected chi connectivity index (χ3v) is 7.55. The summed E-state index contributed by atoms with van der Waals surface area (Å²) in [5.74, 6) is -0.753. The van der Waals surface area contributed by atoms with Crippen molar-refractivity contribution in [2.45, 2.75) is 102 Å². The van der Waals surface area contributed by atoms with Gasteiger partial charge in [0.25, 0.3) is 0 Å². The van der Waals surface area contributed by atoms with Crippen molar-refractivity contribution in [3.05, 3.63) is 64.5 Å². The van der Waals surface area contributed by atoms with Crippen molar-refractivity contribution in [1.82, 2.24) is 4.98 Å². The van der Waals surface area contributed by atoms with E-state index in [2.05, 4.69) is 31.0 Å². The fourth-order valence-electron chi connectivity index (χ4n) is 5.63. The smallest absolute Gasteiger partial charge is 0.162 e. The van der Waals surface area contributed by atoms with Crippen molar-refractivity contribution in [3.8, 4) is 0 Å². The van der Waals surface area contributed by atoms with Crippen LogP contribution in [0.3, 0.4) is 0 Å². The van der Waals surface area contributed by atoms with Gasteiger partial charge in [0, 0.05) is 17.8 Å². The first-order valence-corrected chi connectivity index (χ1v) is 12.6. The molecule has 4 heteroatoms. The van der Waals surface area contributed by atoms with Crippen LogP contribution in [0, 0.1) is 11.6 Å². The zero-order chi connectivity index (χ0) is 22.5. The predicted molar refractivity (Wildman–Crippen MR) is 125 cm³/mol. The average molecular weight is 442 g/mol. The lowest BCUT2D eigenvalue weighted by atomic mass is 9.76. The maximum atomic E-state index is 15.1. The highest BCUT2D eigenvalue weighted by Crippen LogP contribution is 2.42. The molecule has 2 heterocycles. The summed E-state index contributed by atoms with van der Waals surface area (Å²) in [5.41, 5.74) is 3.48. The van der Waals surface area contributed by atoms with Crippen molar-refractivity contribution in [1.29, 1.82) is 0 Å². The van der Waals surface area contributed by atoms with Gasteiger partial charge < -0.3 is 4.74 Å². The van der Waals surface area contributed by atoms with Gasteiger partial charge in [0.05, 0.1) is 12.7 Å². The molecule has 0 amide bonds. The molecule has 1 aromatic carbocycles. The summed E-state index contributed by atoms with van der Waals surface area (Å²) < 4.78 is 36.1. The van der Waals surface area contributed by atoms with Crippen LogP contribution in [0.25, 0.3) is 0 Å². The molecule has 1 aliphatic heterocycles. The van der Waals surface area contributed by atoms with Gasteiger partial charge in [0.15, 0.2) is 11.6 Å². The highest BCUT2D eigenvalue weighted by atomic mass is 19.2. The minimum absolute atomic E-state index is 0.0365. The zero-order valence-electron chi connectivity index (χ0n) is 19.6. The molecular formula is C28H37F2NO. The molecule has 2 aromatic rings. The predicted octanol–water partition coefficient (Wildman–Crippen LogP) is 7.82. The molecule has 1 saturated heterocycles. The van der Waals surface area contributed by atoms with Crippen LogP contribution in [0.5, 0.6) is 0 Å². The zero-order valence-corrected chi connectivity index (χ0v) is 19.6. The molecule has 2 atom stereocenters. The lowest BCUT2D eigenvalue weighted by Gasteiger charge is -2.31. The van der Waals surface area contributed by atoms with Gasteiger partial charge in [0.1, 0.15) is 0 Å². The summed E-state index contributed by atoms with van der Waals surface area (Å²) >= 11 is 0. The van der Waals surface area contributed by atoms with Gasteiger partial charge in [-0.05, 0) is 86.0 Å². The molecule has 1 aliphatic carbocycles. The second kappa shape index (κ2) is 10.9. The summed E-state index contributed by atoms with van der Waals surface area (Å²) in [5, 5.41) is 0. The first-order valence-electron chi connectivity index (χ1n) is 12.6. The number of rotatable bonds is 7. The number of hydrogen-bond acceptors (Lipinski definition) is 2. The Balaban J connectivity index is 1.38. The number of nitrogens with zero attached hydrogens (tertiary/aromatic N) is 1. The largest absolute Gasteiger partial charge is 0.378 e. The third-order valence-electron chi connectivity index (χ3n) is 7.55. The Morgan fingerprint density at radius 1 is 0.812 bits per heavy atom. The molecule has 32 heavy (non-hydrogen) atoms. The number of pyridine rings is 1. The van der Waals surface area contributed by atoms with Crippen molar-refractivity contribution in [3.63, 3.8) is 0 Å². The van der Waals surface area contributed by atoms with Crippen LogP contribution in [0.4, 0.5) is 8.78 Å². The van der Waals surface area contributed by atoms with Crippen LogP contribution in [0.1, 0.15) is 112 Å². The normalized spacial score (nSPS) is 26.2. The Bertz CT molecular complexity index is 866. The minimum atomic E-state index is -0.650. The van der Waals surface area contributed by atoms with Crippen molar-refractivity contribution >= 4 is 0 Å². The molecule has 0 N–H and O–H groups in total. The van der Waals surface area contributed by atoms with E-state index in [4.69, 9.17) is 4.74 Å². The van der Waals surface area contributed by atoms with E-state index in [0.29, 0.717) is 23.7 Å². The average Bonchev–Trinajstić information content (AvgIpc) is 2.83. The Morgan fingerprint density at radius 2 is 1.47 bits per heavy atom. The highest BCUT2D eigenvalue weighted by Gasteiger charge is 2.30. The molecule has 0 spiro atoms. The Hall–Kier alpha value is -1.81. The van der Waals surface area contributed by atoms with E-state index < -0.39 is 11.6 Å². The minimum Gasteiger partial charge on any atom is -0.378 e. The maximum Gasteiger partial charge on any atom is 0.162 e. The van der Waals surface area contributed by atoms with Gasteiger partial charge in [0.2, 0.25) is 0 Å². The van der Waals surface area contributed by atoms with Gasteiger partial charge >= 0.3 is 0 Å². The van der Waals surface area contributed by atoms with E-state index in [1.807, 2.05) is 18.3 Å². The SMILES string of the molecule is CCCc1ccc(C2CCC(c3ccc(C4CCC(CCC)OC4)c(F)c3F)CC2)cn1. The van der Waals surface area contributed by atoms with Gasteiger partial charge in [-0.1, -0.05) is 44.9 Å². The topological polar surface area (TPSA) is 22.1 Å². The number of ether oxygens (including phenoxy) is 1. The fraction of sp³-hybridized carbons (Fsp3) is 0.607. The first kappa shape index (κ1) is 23.4. The molecule has 174 valence electrons. The Labute approximate surface area is 191 Å². The van der Waals surface area contributed by atoms with E-state index in [1.165, 1.54) is 5.56 Å². The summed E-state index contributed by atoms with van der Waals surface area (Å²) in [6.45, 7) is 4.81. The van der Waals surface area contributed by atoms with E-state index >= 15 is 8.78 Å². The summed E-state index contributed by atoms with van der Waals surface area (Å²) in [4.78, 5) is 4.60. The molecule has 1 aromatic heterocycles. The van der Waals surface area contributed by atoms with Crippen LogP contribution in [-0.4, -0.2) is 17.7 Å². The monoisotopic (exact) mass is 441 g/mol. The summed E-state index contributed by atoms with van der Waals surface area (Å²) in [6.07, 6.45) is 12.1. The van der Waals surface area contributed by atoms with E-state index in [-0.39, 0.29) is 17.9 Å². The molecule has 2 unspecified atom stereocenters. The highest BCUT2D eigenvalue weighted by molar-refractivity contribution is 5.32. The van der Waals surface area contributed by atoms with Crippen molar-refractivity contribution in [2.24, 2.45) is 0 Å². The molecule has 2 nitrogen and oxygen atoms in total. The fourth-order valence-corrected chi connectivity index (χ4v) is 5.63. The van der Waals surface area contributed by atoms with Crippen LogP contribution in [-0.2, 0) is 11.2 Å². The first-order chi connectivity index (χ1) is 15.6. The number of halogens is 2. The van der Waals surface area contributed by atoms with E-state index in [0.717, 1.165) is 69.9 Å². The maximum absolute atomic E-state index is 15.1. The number of aryl methyl sites for hydroxylation is 1. The third kappa shape index (κ3) is 5.22. The lowest BCUT2D eigenvalue weighted by molar-refractivity contribution is -0.00183. The molecular weight excluding hydrogens is 404 g/mol. The number of aromatic nitrogens is 1. The Morgan fingerprint density at radius 3 is 2.03 bits per heavy atom. The van der Waals surface area contributed by atoms with Crippen LogP contribution < -0.4 is 0 Å². The van der Waals surface area contributed by atoms with E-state index in [1.54, 1.807) is 0 Å². The molecule has 1 saturated carbocycles. The lowest BCUT2D eigenvalue weighted by Crippen LogP contribution is -2.25. The molecule has 2 aliphatic rings. The van der Waals surface area contributed by atoms with Crippen molar-refractivity contribution < 1.29 is 13.5 Å². The van der Waals surface area contributed by atoms with Crippen molar-refractivity contribution in [2.75, 3.05) is 6.61 Å². The molecule has 4 rings (SSSR count). The van der Waals surface area contributed by atoms with Gasteiger partial charge in [-0.2, -0.15) is 0 Å². The van der Waals surface area contributed by atoms with Gasteiger partial charge in [-0.25, -0.2) is 8.78 Å². The number of hydrogen-bond donors (Lipinski definition) is 0. The molecule has 2 fully saturated rings. The second-order valence-corrected chi connectivity index (χ2v) is 9.77. The summed E-state index contributed by atoms with van der Waals surface area (Å²) in [6, 6.07) is 8.01. The second-order valence-electron chi connectivity index (χ2n) is 9.77. The quantitative estimate of drug-likeness (QED) is 0.437. The summed E-state index contributed by atoms with van der Waals surface area (Å²) in [7, 11) is 0. The standard InChI is InChI=1S/C28H37F2NO/c1-3-5-23-13-11-21(17-31-23)19-7-9-20(10-8-19)25-15-16-26(28(30)27(25)29)22-12-14-24(6-4-2)32-18-22/h11,13,15-17,19-20,22,24H,3-10,12,14,18H2,1-2H3. The number of benzene rings is 1. The Kier molecular flexibility index (Phi) is 7.93. The van der Waals surface area contributed by atoms with E-state index in [9.17, 15) is 0 Å². The van der Waals surface area contributed by atoms with Gasteiger partial charge in [-0.3, -0.25) is 4.98 Å². The van der Waals surface area contributed by atoms with Gasteiger partial charge in [-0.15, -0.1) is 0 Å².